The fraction of sp³-hybridized carbons (Fsp3) is 1.00. The first-order valence-corrected chi connectivity index (χ1v) is 3.53. The van der Waals surface area contributed by atoms with E-state index in [0.717, 1.165) is 12.8 Å². The van der Waals surface area contributed by atoms with Crippen LogP contribution >= 0.6 is 0 Å². The van der Waals surface area contributed by atoms with Crippen molar-refractivity contribution >= 4 is 0 Å². The van der Waals surface area contributed by atoms with Gasteiger partial charge in [-0.1, -0.05) is 13.8 Å². The molecular weight excluding hydrogens is 112 g/mol. The first kappa shape index (κ1) is 8.92. The van der Waals surface area contributed by atoms with E-state index in [4.69, 9.17) is 5.73 Å². The minimum atomic E-state index is -0.0833. The molecule has 0 aromatic rings. The molecule has 0 saturated carbocycles. The number of rotatable bonds is 3. The Morgan fingerprint density at radius 1 is 1.22 bits per heavy atom. The van der Waals surface area contributed by atoms with Gasteiger partial charge in [0.15, 0.2) is 0 Å². The number of hydrogen-bond donors (Lipinski definition) is 1. The van der Waals surface area contributed by atoms with Gasteiger partial charge in [0.2, 0.25) is 0 Å². The monoisotopic (exact) mass is 130 g/mol. The summed E-state index contributed by atoms with van der Waals surface area (Å²) in [6, 6.07) is 0. The molecule has 9 heavy (non-hydrogen) atoms. The molecule has 0 saturated heterocycles. The lowest BCUT2D eigenvalue weighted by atomic mass is 10.0. The lowest BCUT2D eigenvalue weighted by Gasteiger charge is -2.34. The summed E-state index contributed by atoms with van der Waals surface area (Å²) in [5.74, 6) is 0. The predicted molar refractivity (Wildman–Crippen MR) is 41.2 cm³/mol. The van der Waals surface area contributed by atoms with E-state index in [1.165, 1.54) is 0 Å². The van der Waals surface area contributed by atoms with Crippen LogP contribution in [0.4, 0.5) is 0 Å². The second-order valence-electron chi connectivity index (χ2n) is 2.71. The number of nitrogens with two attached hydrogens (primary N) is 1. The van der Waals surface area contributed by atoms with E-state index in [-0.39, 0.29) is 5.66 Å². The van der Waals surface area contributed by atoms with Crippen molar-refractivity contribution < 1.29 is 0 Å². The third-order valence-corrected chi connectivity index (χ3v) is 2.12. The maximum Gasteiger partial charge on any atom is 0.0676 e. The highest BCUT2D eigenvalue weighted by molar-refractivity contribution is 4.76. The van der Waals surface area contributed by atoms with Gasteiger partial charge in [-0.15, -0.1) is 0 Å². The Hall–Kier alpha value is -0.0800. The second kappa shape index (κ2) is 3.18. The average Bonchev–Trinajstić information content (AvgIpc) is 1.86. The van der Waals surface area contributed by atoms with Gasteiger partial charge in [0, 0.05) is 0 Å². The third kappa shape index (κ3) is 1.95. The van der Waals surface area contributed by atoms with E-state index >= 15 is 0 Å². The maximum atomic E-state index is 5.97. The van der Waals surface area contributed by atoms with Crippen LogP contribution in [-0.4, -0.2) is 24.7 Å². The molecule has 0 aliphatic heterocycles. The predicted octanol–water partition coefficient (Wildman–Crippen LogP) is 1.02. The van der Waals surface area contributed by atoms with Crippen molar-refractivity contribution in [2.75, 3.05) is 14.1 Å². The molecule has 2 nitrogen and oxygen atoms in total. The molecule has 2 heteroatoms. The van der Waals surface area contributed by atoms with Crippen molar-refractivity contribution in [2.45, 2.75) is 32.4 Å². The molecule has 0 unspecified atom stereocenters. The van der Waals surface area contributed by atoms with Gasteiger partial charge in [-0.2, -0.15) is 0 Å². The van der Waals surface area contributed by atoms with Gasteiger partial charge in [-0.25, -0.2) is 0 Å². The number of hydrogen-bond acceptors (Lipinski definition) is 2. The van der Waals surface area contributed by atoms with Crippen molar-refractivity contribution in [1.82, 2.24) is 4.90 Å². The second-order valence-corrected chi connectivity index (χ2v) is 2.71. The molecule has 0 aliphatic carbocycles. The molecule has 0 amide bonds. The molecule has 0 bridgehead atoms. The lowest BCUT2D eigenvalue weighted by molar-refractivity contribution is 0.146. The molecule has 0 aromatic carbocycles. The van der Waals surface area contributed by atoms with Crippen LogP contribution < -0.4 is 5.73 Å². The van der Waals surface area contributed by atoms with E-state index in [1.807, 2.05) is 14.1 Å². The van der Waals surface area contributed by atoms with Crippen LogP contribution in [-0.2, 0) is 0 Å². The zero-order valence-corrected chi connectivity index (χ0v) is 6.94. The molecule has 0 aliphatic rings. The van der Waals surface area contributed by atoms with Gasteiger partial charge in [0.1, 0.15) is 0 Å². The quantitative estimate of drug-likeness (QED) is 0.578. The Morgan fingerprint density at radius 3 is 1.56 bits per heavy atom. The van der Waals surface area contributed by atoms with Crippen LogP contribution in [0.2, 0.25) is 0 Å². The van der Waals surface area contributed by atoms with Gasteiger partial charge in [-0.05, 0) is 26.9 Å². The van der Waals surface area contributed by atoms with Crippen LogP contribution in [0, 0.1) is 0 Å². The molecule has 0 aromatic heterocycles. The normalized spacial score (nSPS) is 12.7. The zero-order valence-electron chi connectivity index (χ0n) is 6.94. The van der Waals surface area contributed by atoms with Crippen molar-refractivity contribution in [3.05, 3.63) is 0 Å². The molecule has 0 rings (SSSR count). The Morgan fingerprint density at radius 2 is 1.56 bits per heavy atom. The molecule has 2 N–H and O–H groups in total. The minimum Gasteiger partial charge on any atom is -0.313 e. The van der Waals surface area contributed by atoms with Crippen LogP contribution in [0.3, 0.4) is 0 Å². The van der Waals surface area contributed by atoms with Gasteiger partial charge >= 0.3 is 0 Å². The summed E-state index contributed by atoms with van der Waals surface area (Å²) < 4.78 is 0. The highest BCUT2D eigenvalue weighted by Gasteiger charge is 2.21. The summed E-state index contributed by atoms with van der Waals surface area (Å²) in [4.78, 5) is 2.08. The minimum absolute atomic E-state index is 0.0833. The van der Waals surface area contributed by atoms with Gasteiger partial charge in [-0.3, -0.25) is 4.90 Å². The van der Waals surface area contributed by atoms with Crippen molar-refractivity contribution in [3.8, 4) is 0 Å². The molecule has 0 heterocycles. The first-order chi connectivity index (χ1) is 4.06. The first-order valence-electron chi connectivity index (χ1n) is 3.53. The Bertz CT molecular complexity index is 75.0. The van der Waals surface area contributed by atoms with E-state index in [1.54, 1.807) is 0 Å². The van der Waals surface area contributed by atoms with Gasteiger partial charge < -0.3 is 5.73 Å². The summed E-state index contributed by atoms with van der Waals surface area (Å²) >= 11 is 0. The smallest absolute Gasteiger partial charge is 0.0676 e. The fourth-order valence-corrected chi connectivity index (χ4v) is 0.882. The average molecular weight is 130 g/mol. The van der Waals surface area contributed by atoms with Gasteiger partial charge in [0.05, 0.1) is 5.66 Å². The molecular formula is C7H18N2. The highest BCUT2D eigenvalue weighted by atomic mass is 15.2. The third-order valence-electron chi connectivity index (χ3n) is 2.12. The van der Waals surface area contributed by atoms with Crippen molar-refractivity contribution in [3.63, 3.8) is 0 Å². The van der Waals surface area contributed by atoms with Crippen molar-refractivity contribution in [1.29, 1.82) is 0 Å². The standard InChI is InChI=1S/C7H18N2/c1-5-7(8,6-2)9(3)4/h5-6,8H2,1-4H3. The van der Waals surface area contributed by atoms with E-state index in [9.17, 15) is 0 Å². The lowest BCUT2D eigenvalue weighted by Crippen LogP contribution is -2.51. The van der Waals surface area contributed by atoms with Gasteiger partial charge in [0.25, 0.3) is 0 Å². The van der Waals surface area contributed by atoms with Crippen molar-refractivity contribution in [2.24, 2.45) is 5.73 Å². The summed E-state index contributed by atoms with van der Waals surface area (Å²) in [6.07, 6.45) is 2.02. The Kier molecular flexibility index (Phi) is 3.15. The molecule has 56 valence electrons. The Balaban J connectivity index is 3.92. The topological polar surface area (TPSA) is 29.3 Å². The molecule has 0 fully saturated rings. The summed E-state index contributed by atoms with van der Waals surface area (Å²) in [5.41, 5.74) is 5.88. The molecule has 0 atom stereocenters. The molecule has 0 spiro atoms. The van der Waals surface area contributed by atoms with Crippen LogP contribution in [0.15, 0.2) is 0 Å². The van der Waals surface area contributed by atoms with Crippen LogP contribution in [0.5, 0.6) is 0 Å². The van der Waals surface area contributed by atoms with Crippen LogP contribution in [0.25, 0.3) is 0 Å². The number of nitrogens with zero attached hydrogens (tertiary/aromatic N) is 1. The van der Waals surface area contributed by atoms with E-state index in [2.05, 4.69) is 18.7 Å². The zero-order chi connectivity index (χ0) is 7.49. The summed E-state index contributed by atoms with van der Waals surface area (Å²) in [7, 11) is 4.04. The molecule has 0 radical (unpaired) electrons. The largest absolute Gasteiger partial charge is 0.313 e. The summed E-state index contributed by atoms with van der Waals surface area (Å²) in [5, 5.41) is 0. The Labute approximate surface area is 58.0 Å². The SMILES string of the molecule is CCC(N)(CC)N(C)C. The van der Waals surface area contributed by atoms with E-state index < -0.39 is 0 Å². The van der Waals surface area contributed by atoms with Crippen LogP contribution in [0.1, 0.15) is 26.7 Å². The van der Waals surface area contributed by atoms with E-state index in [0.29, 0.717) is 0 Å². The highest BCUT2D eigenvalue weighted by Crippen LogP contribution is 2.12. The summed E-state index contributed by atoms with van der Waals surface area (Å²) in [6.45, 7) is 4.23. The fourth-order valence-electron chi connectivity index (χ4n) is 0.882. The maximum absolute atomic E-state index is 5.97.